The topological polar surface area (TPSA) is 26.0 Å². The van der Waals surface area contributed by atoms with Crippen LogP contribution in [-0.2, 0) is 0 Å². The van der Waals surface area contributed by atoms with Gasteiger partial charge in [0.1, 0.15) is 0 Å². The van der Waals surface area contributed by atoms with Gasteiger partial charge in [-0.1, -0.05) is 13.8 Å². The fourth-order valence-corrected chi connectivity index (χ4v) is 2.99. The van der Waals surface area contributed by atoms with Crippen molar-refractivity contribution in [3.05, 3.63) is 0 Å². The van der Waals surface area contributed by atoms with Crippen molar-refractivity contribution < 1.29 is 13.2 Å². The first kappa shape index (κ1) is 13.1. The predicted octanol–water partition coefficient (Wildman–Crippen LogP) is 3.17. The standard InChI is InChI=1S/C10H17ClF3N/c1-5(2)7-3-6(15)4-8(11)9(7)10(12,13)14/h5-9H,3-4,15H2,1-2H3. The molecule has 0 aliphatic heterocycles. The summed E-state index contributed by atoms with van der Waals surface area (Å²) in [5, 5.41) is -0.874. The molecule has 1 nitrogen and oxygen atoms in total. The van der Waals surface area contributed by atoms with Crippen molar-refractivity contribution in [3.8, 4) is 0 Å². The van der Waals surface area contributed by atoms with E-state index in [0.717, 1.165) is 0 Å². The van der Waals surface area contributed by atoms with E-state index in [0.29, 0.717) is 6.42 Å². The minimum absolute atomic E-state index is 0.0378. The van der Waals surface area contributed by atoms with Crippen molar-refractivity contribution in [2.45, 2.75) is 44.3 Å². The molecule has 1 rings (SSSR count). The maximum Gasteiger partial charge on any atom is 0.393 e. The van der Waals surface area contributed by atoms with E-state index in [-0.39, 0.29) is 18.4 Å². The maximum atomic E-state index is 12.8. The summed E-state index contributed by atoms with van der Waals surface area (Å²) in [6.07, 6.45) is -3.53. The Labute approximate surface area is 93.2 Å². The monoisotopic (exact) mass is 243 g/mol. The smallest absolute Gasteiger partial charge is 0.328 e. The third-order valence-electron chi connectivity index (χ3n) is 3.19. The summed E-state index contributed by atoms with van der Waals surface area (Å²) in [6.45, 7) is 3.59. The molecule has 1 saturated carbocycles. The Morgan fingerprint density at radius 1 is 1.27 bits per heavy atom. The van der Waals surface area contributed by atoms with Gasteiger partial charge in [0.2, 0.25) is 0 Å². The summed E-state index contributed by atoms with van der Waals surface area (Å²) >= 11 is 5.80. The molecule has 90 valence electrons. The lowest BCUT2D eigenvalue weighted by atomic mass is 9.71. The van der Waals surface area contributed by atoms with Crippen molar-refractivity contribution in [1.82, 2.24) is 0 Å². The summed E-state index contributed by atoms with van der Waals surface area (Å²) in [7, 11) is 0. The normalized spacial score (nSPS) is 38.4. The van der Waals surface area contributed by atoms with Crippen LogP contribution in [0, 0.1) is 17.8 Å². The predicted molar refractivity (Wildman–Crippen MR) is 54.7 cm³/mol. The van der Waals surface area contributed by atoms with Gasteiger partial charge >= 0.3 is 6.18 Å². The Morgan fingerprint density at radius 3 is 2.20 bits per heavy atom. The van der Waals surface area contributed by atoms with Gasteiger partial charge in [-0.3, -0.25) is 0 Å². The molecule has 2 N–H and O–H groups in total. The first-order valence-corrected chi connectivity index (χ1v) is 5.63. The van der Waals surface area contributed by atoms with Crippen LogP contribution in [-0.4, -0.2) is 17.6 Å². The van der Waals surface area contributed by atoms with E-state index in [1.807, 2.05) is 0 Å². The van der Waals surface area contributed by atoms with Gasteiger partial charge in [0.15, 0.2) is 0 Å². The van der Waals surface area contributed by atoms with Crippen LogP contribution in [0.1, 0.15) is 26.7 Å². The number of nitrogens with two attached hydrogens (primary N) is 1. The average Bonchev–Trinajstić information content (AvgIpc) is 1.99. The van der Waals surface area contributed by atoms with Crippen molar-refractivity contribution in [2.75, 3.05) is 0 Å². The summed E-state index contributed by atoms with van der Waals surface area (Å²) < 4.78 is 38.4. The van der Waals surface area contributed by atoms with Crippen LogP contribution >= 0.6 is 11.6 Å². The molecule has 4 atom stereocenters. The largest absolute Gasteiger partial charge is 0.393 e. The Kier molecular flexibility index (Phi) is 3.93. The number of hydrogen-bond donors (Lipinski definition) is 1. The maximum absolute atomic E-state index is 12.8. The minimum atomic E-state index is -4.21. The molecular weight excluding hydrogens is 227 g/mol. The van der Waals surface area contributed by atoms with Gasteiger partial charge in [0.25, 0.3) is 0 Å². The molecule has 15 heavy (non-hydrogen) atoms. The van der Waals surface area contributed by atoms with Crippen LogP contribution in [0.2, 0.25) is 0 Å². The SMILES string of the molecule is CC(C)C1CC(N)CC(Cl)C1C(F)(F)F. The molecule has 0 aromatic carbocycles. The van der Waals surface area contributed by atoms with Gasteiger partial charge in [-0.2, -0.15) is 13.2 Å². The van der Waals surface area contributed by atoms with E-state index in [1.54, 1.807) is 13.8 Å². The zero-order valence-electron chi connectivity index (χ0n) is 8.89. The number of alkyl halides is 4. The number of halogens is 4. The highest BCUT2D eigenvalue weighted by Crippen LogP contribution is 2.46. The summed E-state index contributed by atoms with van der Waals surface area (Å²) in [4.78, 5) is 0. The zero-order chi connectivity index (χ0) is 11.8. The summed E-state index contributed by atoms with van der Waals surface area (Å²) in [6, 6.07) is -0.196. The third kappa shape index (κ3) is 3.00. The molecule has 1 aliphatic rings. The lowest BCUT2D eigenvalue weighted by Gasteiger charge is -2.41. The first-order chi connectivity index (χ1) is 6.73. The first-order valence-electron chi connectivity index (χ1n) is 5.19. The van der Waals surface area contributed by atoms with E-state index in [1.165, 1.54) is 0 Å². The van der Waals surface area contributed by atoms with E-state index in [9.17, 15) is 13.2 Å². The van der Waals surface area contributed by atoms with E-state index in [2.05, 4.69) is 0 Å². The Morgan fingerprint density at radius 2 is 1.80 bits per heavy atom. The molecule has 0 saturated heterocycles. The van der Waals surface area contributed by atoms with Crippen LogP contribution in [0.5, 0.6) is 0 Å². The van der Waals surface area contributed by atoms with Crippen LogP contribution in [0.4, 0.5) is 13.2 Å². The molecular formula is C10H17ClF3N. The highest BCUT2D eigenvalue weighted by Gasteiger charge is 2.52. The molecule has 0 aromatic rings. The van der Waals surface area contributed by atoms with Crippen LogP contribution in [0.25, 0.3) is 0 Å². The fourth-order valence-electron chi connectivity index (χ4n) is 2.43. The molecule has 4 unspecified atom stereocenters. The summed E-state index contributed by atoms with van der Waals surface area (Å²) in [5.74, 6) is -1.89. The van der Waals surface area contributed by atoms with Crippen LogP contribution < -0.4 is 5.73 Å². The molecule has 0 amide bonds. The number of hydrogen-bond acceptors (Lipinski definition) is 1. The second kappa shape index (κ2) is 4.50. The average molecular weight is 244 g/mol. The molecule has 0 spiro atoms. The molecule has 5 heteroatoms. The molecule has 1 fully saturated rings. The number of rotatable bonds is 1. The Hall–Kier alpha value is 0.0400. The van der Waals surface area contributed by atoms with Gasteiger partial charge in [-0.05, 0) is 24.7 Å². The van der Waals surface area contributed by atoms with Gasteiger partial charge in [0.05, 0.1) is 5.92 Å². The lowest BCUT2D eigenvalue weighted by molar-refractivity contribution is -0.200. The van der Waals surface area contributed by atoms with Crippen molar-refractivity contribution in [3.63, 3.8) is 0 Å². The summed E-state index contributed by atoms with van der Waals surface area (Å²) in [5.41, 5.74) is 5.71. The van der Waals surface area contributed by atoms with Gasteiger partial charge < -0.3 is 5.73 Å². The lowest BCUT2D eigenvalue weighted by Crippen LogP contribution is -2.48. The van der Waals surface area contributed by atoms with Gasteiger partial charge in [0, 0.05) is 11.4 Å². The molecule has 0 radical (unpaired) electrons. The molecule has 1 aliphatic carbocycles. The molecule has 0 aromatic heterocycles. The highest BCUT2D eigenvalue weighted by atomic mass is 35.5. The van der Waals surface area contributed by atoms with Crippen molar-refractivity contribution >= 4 is 11.6 Å². The van der Waals surface area contributed by atoms with Gasteiger partial charge in [-0.15, -0.1) is 11.6 Å². The molecule has 0 heterocycles. The molecule has 0 bridgehead atoms. The van der Waals surface area contributed by atoms with Crippen LogP contribution in [0.15, 0.2) is 0 Å². The van der Waals surface area contributed by atoms with Crippen molar-refractivity contribution in [1.29, 1.82) is 0 Å². The highest BCUT2D eigenvalue weighted by molar-refractivity contribution is 6.21. The minimum Gasteiger partial charge on any atom is -0.328 e. The van der Waals surface area contributed by atoms with E-state index >= 15 is 0 Å². The second-order valence-electron chi connectivity index (χ2n) is 4.72. The van der Waals surface area contributed by atoms with Crippen molar-refractivity contribution in [2.24, 2.45) is 23.5 Å². The van der Waals surface area contributed by atoms with Crippen LogP contribution in [0.3, 0.4) is 0 Å². The van der Waals surface area contributed by atoms with E-state index < -0.39 is 23.4 Å². The third-order valence-corrected chi connectivity index (χ3v) is 3.64. The second-order valence-corrected chi connectivity index (χ2v) is 5.28. The Bertz CT molecular complexity index is 217. The Balaban J connectivity index is 2.88. The van der Waals surface area contributed by atoms with E-state index in [4.69, 9.17) is 17.3 Å². The fraction of sp³-hybridized carbons (Fsp3) is 1.00. The van der Waals surface area contributed by atoms with Gasteiger partial charge in [-0.25, -0.2) is 0 Å². The quantitative estimate of drug-likeness (QED) is 0.704. The zero-order valence-corrected chi connectivity index (χ0v) is 9.65.